The van der Waals surface area contributed by atoms with E-state index < -0.39 is 0 Å². The molecule has 1 fully saturated rings. The van der Waals surface area contributed by atoms with Crippen molar-refractivity contribution >= 4 is 17.1 Å². The van der Waals surface area contributed by atoms with Crippen LogP contribution < -0.4 is 0 Å². The molecular formula is C10H13NO2S. The first-order valence-corrected chi connectivity index (χ1v) is 5.64. The van der Waals surface area contributed by atoms with Gasteiger partial charge in [-0.15, -0.1) is 11.3 Å². The number of thiazole rings is 1. The molecule has 0 radical (unpaired) electrons. The van der Waals surface area contributed by atoms with Crippen molar-refractivity contribution in [2.24, 2.45) is 5.92 Å². The molecule has 76 valence electrons. The molecule has 2 heterocycles. The van der Waals surface area contributed by atoms with Crippen LogP contribution in [0, 0.1) is 12.8 Å². The van der Waals surface area contributed by atoms with E-state index in [2.05, 4.69) is 4.98 Å². The first kappa shape index (κ1) is 9.80. The number of Topliss-reactive ketones (excluding diaryl/α,β-unsaturated/α-hetero) is 1. The van der Waals surface area contributed by atoms with Gasteiger partial charge >= 0.3 is 0 Å². The molecule has 0 amide bonds. The number of carbonyl (C=O) groups excluding carboxylic acids is 1. The summed E-state index contributed by atoms with van der Waals surface area (Å²) in [4.78, 5) is 16.1. The average molecular weight is 211 g/mol. The quantitative estimate of drug-likeness (QED) is 0.703. The summed E-state index contributed by atoms with van der Waals surface area (Å²) in [6, 6.07) is 0. The SMILES string of the molecule is Cc1nc(C(=O)C2CCOC2C)cs1. The zero-order chi connectivity index (χ0) is 10.1. The van der Waals surface area contributed by atoms with Gasteiger partial charge in [0.1, 0.15) is 5.69 Å². The summed E-state index contributed by atoms with van der Waals surface area (Å²) in [6.07, 6.45) is 0.876. The van der Waals surface area contributed by atoms with Crippen molar-refractivity contribution in [3.05, 3.63) is 16.1 Å². The molecule has 0 N–H and O–H groups in total. The van der Waals surface area contributed by atoms with Gasteiger partial charge in [0.2, 0.25) is 0 Å². The minimum absolute atomic E-state index is 0.0106. The third kappa shape index (κ3) is 1.72. The van der Waals surface area contributed by atoms with Crippen molar-refractivity contribution < 1.29 is 9.53 Å². The van der Waals surface area contributed by atoms with Crippen molar-refractivity contribution in [3.63, 3.8) is 0 Å². The molecule has 0 saturated carbocycles. The predicted octanol–water partition coefficient (Wildman–Crippen LogP) is 2.06. The molecule has 2 atom stereocenters. The van der Waals surface area contributed by atoms with E-state index in [0.717, 1.165) is 11.4 Å². The van der Waals surface area contributed by atoms with Gasteiger partial charge in [-0.25, -0.2) is 4.98 Å². The van der Waals surface area contributed by atoms with Crippen molar-refractivity contribution in [2.75, 3.05) is 6.61 Å². The van der Waals surface area contributed by atoms with E-state index in [0.29, 0.717) is 12.3 Å². The largest absolute Gasteiger partial charge is 0.378 e. The van der Waals surface area contributed by atoms with Gasteiger partial charge in [0, 0.05) is 12.0 Å². The summed E-state index contributed by atoms with van der Waals surface area (Å²) < 4.78 is 5.37. The number of ketones is 1. The van der Waals surface area contributed by atoms with E-state index >= 15 is 0 Å². The Morgan fingerprint density at radius 2 is 2.50 bits per heavy atom. The Bertz CT molecular complexity index is 348. The summed E-state index contributed by atoms with van der Waals surface area (Å²) in [6.45, 7) is 4.56. The Hall–Kier alpha value is -0.740. The van der Waals surface area contributed by atoms with Gasteiger partial charge in [-0.2, -0.15) is 0 Å². The molecule has 0 aromatic carbocycles. The van der Waals surface area contributed by atoms with Crippen molar-refractivity contribution in [2.45, 2.75) is 26.4 Å². The third-order valence-corrected chi connectivity index (χ3v) is 3.36. The second-order valence-corrected chi connectivity index (χ2v) is 4.65. The molecule has 14 heavy (non-hydrogen) atoms. The van der Waals surface area contributed by atoms with Gasteiger partial charge in [-0.3, -0.25) is 4.79 Å². The standard InChI is InChI=1S/C10H13NO2S/c1-6-8(3-4-13-6)10(12)9-5-14-7(2)11-9/h5-6,8H,3-4H2,1-2H3. The van der Waals surface area contributed by atoms with Crippen molar-refractivity contribution in [1.29, 1.82) is 0 Å². The van der Waals surface area contributed by atoms with E-state index in [9.17, 15) is 4.79 Å². The van der Waals surface area contributed by atoms with E-state index in [1.807, 2.05) is 19.2 Å². The molecule has 0 aliphatic carbocycles. The maximum Gasteiger partial charge on any atom is 0.187 e. The van der Waals surface area contributed by atoms with E-state index in [-0.39, 0.29) is 17.8 Å². The molecular weight excluding hydrogens is 198 g/mol. The van der Waals surface area contributed by atoms with Crippen LogP contribution in [0.25, 0.3) is 0 Å². The van der Waals surface area contributed by atoms with Crippen LogP contribution in [0.2, 0.25) is 0 Å². The molecule has 1 aliphatic rings. The van der Waals surface area contributed by atoms with Gasteiger partial charge in [0.05, 0.1) is 17.0 Å². The number of carbonyl (C=O) groups is 1. The second kappa shape index (κ2) is 3.79. The number of hydrogen-bond donors (Lipinski definition) is 0. The molecule has 1 aromatic heterocycles. The van der Waals surface area contributed by atoms with Crippen LogP contribution in [-0.4, -0.2) is 23.5 Å². The number of aromatic nitrogens is 1. The second-order valence-electron chi connectivity index (χ2n) is 3.59. The highest BCUT2D eigenvalue weighted by atomic mass is 32.1. The minimum Gasteiger partial charge on any atom is -0.378 e. The Balaban J connectivity index is 2.15. The maximum absolute atomic E-state index is 11.9. The molecule has 3 nitrogen and oxygen atoms in total. The van der Waals surface area contributed by atoms with E-state index in [4.69, 9.17) is 4.74 Å². The summed E-state index contributed by atoms with van der Waals surface area (Å²) >= 11 is 1.52. The lowest BCUT2D eigenvalue weighted by Crippen LogP contribution is -2.21. The first-order valence-electron chi connectivity index (χ1n) is 4.76. The highest BCUT2D eigenvalue weighted by Gasteiger charge is 2.32. The van der Waals surface area contributed by atoms with Crippen LogP contribution in [0.4, 0.5) is 0 Å². The minimum atomic E-state index is 0.0106. The third-order valence-electron chi connectivity index (χ3n) is 2.58. The van der Waals surface area contributed by atoms with Crippen LogP contribution >= 0.6 is 11.3 Å². The molecule has 0 bridgehead atoms. The monoisotopic (exact) mass is 211 g/mol. The van der Waals surface area contributed by atoms with Gasteiger partial charge in [-0.1, -0.05) is 0 Å². The summed E-state index contributed by atoms with van der Waals surface area (Å²) in [7, 11) is 0. The molecule has 1 saturated heterocycles. The Morgan fingerprint density at radius 1 is 1.71 bits per heavy atom. The molecule has 2 unspecified atom stereocenters. The van der Waals surface area contributed by atoms with Crippen molar-refractivity contribution in [3.8, 4) is 0 Å². The average Bonchev–Trinajstić information content (AvgIpc) is 2.73. The fourth-order valence-electron chi connectivity index (χ4n) is 1.74. The number of aryl methyl sites for hydroxylation is 1. The van der Waals surface area contributed by atoms with Crippen molar-refractivity contribution in [1.82, 2.24) is 4.98 Å². The predicted molar refractivity (Wildman–Crippen MR) is 54.7 cm³/mol. The van der Waals surface area contributed by atoms with Crippen LogP contribution in [0.15, 0.2) is 5.38 Å². The number of hydrogen-bond acceptors (Lipinski definition) is 4. The molecule has 1 aromatic rings. The zero-order valence-electron chi connectivity index (χ0n) is 8.32. The van der Waals surface area contributed by atoms with Gasteiger partial charge in [-0.05, 0) is 20.3 Å². The molecule has 0 spiro atoms. The maximum atomic E-state index is 11.9. The van der Waals surface area contributed by atoms with Gasteiger partial charge < -0.3 is 4.74 Å². The normalized spacial score (nSPS) is 26.7. The topological polar surface area (TPSA) is 39.2 Å². The van der Waals surface area contributed by atoms with Crippen LogP contribution in [0.1, 0.15) is 28.8 Å². The van der Waals surface area contributed by atoms with E-state index in [1.54, 1.807) is 0 Å². The van der Waals surface area contributed by atoms with Gasteiger partial charge in [0.15, 0.2) is 5.78 Å². The first-order chi connectivity index (χ1) is 6.68. The smallest absolute Gasteiger partial charge is 0.187 e. The summed E-state index contributed by atoms with van der Waals surface area (Å²) in [5.41, 5.74) is 0.606. The van der Waals surface area contributed by atoms with E-state index in [1.165, 1.54) is 11.3 Å². The highest BCUT2D eigenvalue weighted by Crippen LogP contribution is 2.25. The highest BCUT2D eigenvalue weighted by molar-refractivity contribution is 7.09. The summed E-state index contributed by atoms with van der Waals surface area (Å²) in [5, 5.41) is 2.78. The lowest BCUT2D eigenvalue weighted by molar-refractivity contribution is 0.0760. The zero-order valence-corrected chi connectivity index (χ0v) is 9.13. The van der Waals surface area contributed by atoms with Gasteiger partial charge in [0.25, 0.3) is 0 Å². The Kier molecular flexibility index (Phi) is 2.65. The fourth-order valence-corrected chi connectivity index (χ4v) is 2.34. The number of nitrogens with zero attached hydrogens (tertiary/aromatic N) is 1. The lowest BCUT2D eigenvalue weighted by Gasteiger charge is -2.10. The summed E-state index contributed by atoms with van der Waals surface area (Å²) in [5.74, 6) is 0.149. The molecule has 2 rings (SSSR count). The number of rotatable bonds is 2. The van der Waals surface area contributed by atoms with Crippen LogP contribution in [0.5, 0.6) is 0 Å². The van der Waals surface area contributed by atoms with Crippen LogP contribution in [0.3, 0.4) is 0 Å². The fraction of sp³-hybridized carbons (Fsp3) is 0.600. The molecule has 1 aliphatic heterocycles. The number of ether oxygens (including phenoxy) is 1. The molecule has 4 heteroatoms. The Labute approximate surface area is 87.1 Å². The lowest BCUT2D eigenvalue weighted by atomic mass is 9.96. The Morgan fingerprint density at radius 3 is 3.00 bits per heavy atom. The van der Waals surface area contributed by atoms with Crippen LogP contribution in [-0.2, 0) is 4.74 Å².